The van der Waals surface area contributed by atoms with Crippen LogP contribution in [-0.2, 0) is 16.1 Å². The number of nitrogens with two attached hydrogens (primary N) is 2. The van der Waals surface area contributed by atoms with Crippen molar-refractivity contribution in [1.82, 2.24) is 15.0 Å². The van der Waals surface area contributed by atoms with Crippen LogP contribution < -0.4 is 11.5 Å². The van der Waals surface area contributed by atoms with E-state index < -0.39 is 0 Å². The molecule has 0 unspecified atom stereocenters. The van der Waals surface area contributed by atoms with E-state index in [1.54, 1.807) is 0 Å². The third-order valence-corrected chi connectivity index (χ3v) is 2.47. The summed E-state index contributed by atoms with van der Waals surface area (Å²) in [5.41, 5.74) is 10.8. The van der Waals surface area contributed by atoms with E-state index in [2.05, 4.69) is 15.0 Å². The highest BCUT2D eigenvalue weighted by Gasteiger charge is 2.40. The Kier molecular flexibility index (Phi) is 2.59. The Hall–Kier alpha value is -1.92. The fraction of sp³-hybridized carbons (Fsp3) is 0.556. The van der Waals surface area contributed by atoms with E-state index in [1.807, 2.05) is 6.92 Å². The van der Waals surface area contributed by atoms with E-state index in [9.17, 15) is 4.79 Å². The quantitative estimate of drug-likeness (QED) is 0.677. The van der Waals surface area contributed by atoms with Crippen LogP contribution in [0.2, 0.25) is 0 Å². The summed E-state index contributed by atoms with van der Waals surface area (Å²) in [5.74, 6) is 0.547. The number of nitrogen functional groups attached to an aromatic ring is 2. The number of ether oxygens (including phenoxy) is 1. The molecule has 1 aliphatic carbocycles. The molecule has 0 aromatic carbocycles. The predicted octanol–water partition coefficient (Wildman–Crippen LogP) is -0.265. The zero-order valence-corrected chi connectivity index (χ0v) is 8.88. The fourth-order valence-electron chi connectivity index (χ4n) is 1.41. The minimum absolute atomic E-state index is 0.0149. The highest BCUT2D eigenvalue weighted by molar-refractivity contribution is 5.75. The molecular formula is C9H13N5O2. The fourth-order valence-corrected chi connectivity index (χ4v) is 1.41. The second kappa shape index (κ2) is 3.92. The first-order valence-electron chi connectivity index (χ1n) is 4.99. The first kappa shape index (κ1) is 10.6. The average Bonchev–Trinajstić information content (AvgIpc) is 2.90. The van der Waals surface area contributed by atoms with Crippen molar-refractivity contribution in [2.45, 2.75) is 20.0 Å². The molecule has 0 saturated heterocycles. The van der Waals surface area contributed by atoms with E-state index in [4.69, 9.17) is 16.2 Å². The molecule has 1 heterocycles. The Morgan fingerprint density at radius 3 is 2.44 bits per heavy atom. The van der Waals surface area contributed by atoms with Gasteiger partial charge in [0, 0.05) is 0 Å². The lowest BCUT2D eigenvalue weighted by Crippen LogP contribution is -2.12. The van der Waals surface area contributed by atoms with Gasteiger partial charge in [0.2, 0.25) is 11.9 Å². The van der Waals surface area contributed by atoms with Crippen LogP contribution in [0.15, 0.2) is 0 Å². The zero-order chi connectivity index (χ0) is 11.7. The molecule has 7 nitrogen and oxygen atoms in total. The summed E-state index contributed by atoms with van der Waals surface area (Å²) in [7, 11) is 0. The average molecular weight is 223 g/mol. The molecule has 1 aliphatic rings. The van der Waals surface area contributed by atoms with Crippen molar-refractivity contribution in [3.05, 3.63) is 5.82 Å². The molecule has 16 heavy (non-hydrogen) atoms. The number of rotatable bonds is 3. The van der Waals surface area contributed by atoms with E-state index >= 15 is 0 Å². The lowest BCUT2D eigenvalue weighted by Gasteiger charge is -2.03. The van der Waals surface area contributed by atoms with Gasteiger partial charge in [-0.05, 0) is 12.3 Å². The Labute approximate surface area is 92.2 Å². The molecule has 1 saturated carbocycles. The van der Waals surface area contributed by atoms with Gasteiger partial charge in [-0.2, -0.15) is 15.0 Å². The van der Waals surface area contributed by atoms with Crippen LogP contribution in [0.3, 0.4) is 0 Å². The van der Waals surface area contributed by atoms with Gasteiger partial charge < -0.3 is 16.2 Å². The largest absolute Gasteiger partial charge is 0.457 e. The van der Waals surface area contributed by atoms with Gasteiger partial charge in [0.15, 0.2) is 12.4 Å². The van der Waals surface area contributed by atoms with Crippen molar-refractivity contribution in [3.63, 3.8) is 0 Å². The summed E-state index contributed by atoms with van der Waals surface area (Å²) in [6.07, 6.45) is 0.889. The Balaban J connectivity index is 1.91. The molecule has 86 valence electrons. The third-order valence-electron chi connectivity index (χ3n) is 2.47. The molecular weight excluding hydrogens is 210 g/mol. The summed E-state index contributed by atoms with van der Waals surface area (Å²) < 4.78 is 5.03. The molecule has 0 aliphatic heterocycles. The first-order valence-corrected chi connectivity index (χ1v) is 4.99. The van der Waals surface area contributed by atoms with Crippen LogP contribution in [0, 0.1) is 11.8 Å². The SMILES string of the molecule is C[C@H]1C[C@@H]1C(=O)OCc1nc(N)nc(N)n1. The Bertz CT molecular complexity index is 402. The number of carbonyl (C=O) groups is 1. The lowest BCUT2D eigenvalue weighted by atomic mass is 10.3. The standard InChI is InChI=1S/C9H13N5O2/c1-4-2-5(4)7(15)16-3-6-12-8(10)14-9(11)13-6/h4-5H,2-3H2,1H3,(H4,10,11,12,13,14)/t4-,5-/m0/s1. The number of nitrogens with zero attached hydrogens (tertiary/aromatic N) is 3. The molecule has 0 amide bonds. The molecule has 2 atom stereocenters. The molecule has 1 aromatic rings. The van der Waals surface area contributed by atoms with E-state index in [-0.39, 0.29) is 36.2 Å². The van der Waals surface area contributed by atoms with Crippen LogP contribution in [0.4, 0.5) is 11.9 Å². The minimum atomic E-state index is -0.218. The highest BCUT2D eigenvalue weighted by Crippen LogP contribution is 2.38. The van der Waals surface area contributed by atoms with Gasteiger partial charge in [0.1, 0.15) is 0 Å². The summed E-state index contributed by atoms with van der Waals surface area (Å²) in [6, 6.07) is 0. The van der Waals surface area contributed by atoms with Crippen molar-refractivity contribution in [3.8, 4) is 0 Å². The summed E-state index contributed by atoms with van der Waals surface area (Å²) in [5, 5.41) is 0. The first-order chi connectivity index (χ1) is 7.56. The van der Waals surface area contributed by atoms with E-state index in [0.29, 0.717) is 5.92 Å². The molecule has 0 radical (unpaired) electrons. The van der Waals surface area contributed by atoms with Crippen LogP contribution in [0.1, 0.15) is 19.2 Å². The minimum Gasteiger partial charge on any atom is -0.457 e. The lowest BCUT2D eigenvalue weighted by molar-refractivity contribution is -0.147. The van der Waals surface area contributed by atoms with Crippen LogP contribution >= 0.6 is 0 Å². The normalized spacial score (nSPS) is 22.8. The summed E-state index contributed by atoms with van der Waals surface area (Å²) in [6.45, 7) is 1.99. The van der Waals surface area contributed by atoms with Crippen molar-refractivity contribution in [2.24, 2.45) is 11.8 Å². The number of anilines is 2. The maximum Gasteiger partial charge on any atom is 0.309 e. The van der Waals surface area contributed by atoms with Crippen molar-refractivity contribution >= 4 is 17.9 Å². The van der Waals surface area contributed by atoms with Gasteiger partial charge in [-0.1, -0.05) is 6.92 Å². The maximum absolute atomic E-state index is 11.4. The van der Waals surface area contributed by atoms with Crippen molar-refractivity contribution in [2.75, 3.05) is 11.5 Å². The summed E-state index contributed by atoms with van der Waals surface area (Å²) in [4.78, 5) is 22.6. The molecule has 1 aromatic heterocycles. The monoisotopic (exact) mass is 223 g/mol. The molecule has 0 bridgehead atoms. The zero-order valence-electron chi connectivity index (χ0n) is 8.88. The topological polar surface area (TPSA) is 117 Å². The van der Waals surface area contributed by atoms with Crippen molar-refractivity contribution < 1.29 is 9.53 Å². The van der Waals surface area contributed by atoms with Gasteiger partial charge in [0.25, 0.3) is 0 Å². The molecule has 4 N–H and O–H groups in total. The molecule has 2 rings (SSSR count). The van der Waals surface area contributed by atoms with E-state index in [1.165, 1.54) is 0 Å². The summed E-state index contributed by atoms with van der Waals surface area (Å²) >= 11 is 0. The van der Waals surface area contributed by atoms with Gasteiger partial charge in [-0.15, -0.1) is 0 Å². The Morgan fingerprint density at radius 2 is 1.94 bits per heavy atom. The van der Waals surface area contributed by atoms with Crippen molar-refractivity contribution in [1.29, 1.82) is 0 Å². The number of carbonyl (C=O) groups excluding carboxylic acids is 1. The van der Waals surface area contributed by atoms with Gasteiger partial charge in [-0.25, -0.2) is 0 Å². The van der Waals surface area contributed by atoms with E-state index in [0.717, 1.165) is 6.42 Å². The smallest absolute Gasteiger partial charge is 0.309 e. The second-order valence-electron chi connectivity index (χ2n) is 3.90. The number of aromatic nitrogens is 3. The highest BCUT2D eigenvalue weighted by atomic mass is 16.5. The number of hydrogen-bond donors (Lipinski definition) is 2. The van der Waals surface area contributed by atoms with Gasteiger partial charge >= 0.3 is 5.97 Å². The molecule has 7 heteroatoms. The third kappa shape index (κ3) is 2.36. The van der Waals surface area contributed by atoms with Crippen LogP contribution in [0.5, 0.6) is 0 Å². The maximum atomic E-state index is 11.4. The molecule has 1 fully saturated rings. The number of hydrogen-bond acceptors (Lipinski definition) is 7. The van der Waals surface area contributed by atoms with Gasteiger partial charge in [-0.3, -0.25) is 4.79 Å². The predicted molar refractivity (Wildman–Crippen MR) is 55.7 cm³/mol. The van der Waals surface area contributed by atoms with Gasteiger partial charge in [0.05, 0.1) is 5.92 Å². The second-order valence-corrected chi connectivity index (χ2v) is 3.90. The van der Waals surface area contributed by atoms with Crippen LogP contribution in [-0.4, -0.2) is 20.9 Å². The Morgan fingerprint density at radius 1 is 1.38 bits per heavy atom. The van der Waals surface area contributed by atoms with Crippen LogP contribution in [0.25, 0.3) is 0 Å². The molecule has 0 spiro atoms. The number of esters is 1.